The minimum Gasteiger partial charge on any atom is -0.478 e. The summed E-state index contributed by atoms with van der Waals surface area (Å²) in [5.41, 5.74) is 1.53. The van der Waals surface area contributed by atoms with Gasteiger partial charge in [0, 0.05) is 10.6 Å². The Hall–Kier alpha value is -3.38. The second kappa shape index (κ2) is 7.88. The van der Waals surface area contributed by atoms with E-state index in [4.69, 9.17) is 11.6 Å². The van der Waals surface area contributed by atoms with E-state index in [0.29, 0.717) is 22.1 Å². The predicted molar refractivity (Wildman–Crippen MR) is 102 cm³/mol. The Kier molecular flexibility index (Phi) is 5.38. The molecule has 0 heterocycles. The van der Waals surface area contributed by atoms with Crippen molar-refractivity contribution in [1.29, 1.82) is 0 Å². The average molecular weight is 385 g/mol. The number of halogens is 2. The maximum absolute atomic E-state index is 13.0. The first kappa shape index (κ1) is 18.4. The van der Waals surface area contributed by atoms with Crippen molar-refractivity contribution < 1.29 is 19.1 Å². The molecule has 3 rings (SSSR count). The summed E-state index contributed by atoms with van der Waals surface area (Å²) in [6.07, 6.45) is 0. The number of anilines is 3. The Bertz CT molecular complexity index is 1010. The van der Waals surface area contributed by atoms with Crippen LogP contribution in [0, 0.1) is 5.82 Å². The Labute approximate surface area is 159 Å². The summed E-state index contributed by atoms with van der Waals surface area (Å²) in [7, 11) is 0. The van der Waals surface area contributed by atoms with Crippen LogP contribution in [0.1, 0.15) is 20.7 Å². The number of nitrogens with one attached hydrogen (secondary N) is 2. The van der Waals surface area contributed by atoms with Gasteiger partial charge in [0.25, 0.3) is 5.91 Å². The van der Waals surface area contributed by atoms with Gasteiger partial charge in [0.2, 0.25) is 0 Å². The number of para-hydroxylation sites is 1. The van der Waals surface area contributed by atoms with Crippen molar-refractivity contribution in [3.05, 3.63) is 88.7 Å². The first-order valence-corrected chi connectivity index (χ1v) is 8.27. The zero-order chi connectivity index (χ0) is 19.4. The van der Waals surface area contributed by atoms with Crippen molar-refractivity contribution in [2.24, 2.45) is 0 Å². The van der Waals surface area contributed by atoms with Crippen molar-refractivity contribution in [3.63, 3.8) is 0 Å². The van der Waals surface area contributed by atoms with Crippen LogP contribution in [0.3, 0.4) is 0 Å². The molecule has 7 heteroatoms. The highest BCUT2D eigenvalue weighted by Gasteiger charge is 2.13. The van der Waals surface area contributed by atoms with E-state index in [1.807, 2.05) is 0 Å². The number of hydrogen-bond acceptors (Lipinski definition) is 3. The molecule has 0 bridgehead atoms. The highest BCUT2D eigenvalue weighted by molar-refractivity contribution is 6.31. The molecule has 0 aliphatic heterocycles. The summed E-state index contributed by atoms with van der Waals surface area (Å²) in [4.78, 5) is 23.8. The fraction of sp³-hybridized carbons (Fsp3) is 0. The van der Waals surface area contributed by atoms with Crippen molar-refractivity contribution >= 4 is 40.5 Å². The number of rotatable bonds is 5. The molecule has 3 aromatic rings. The van der Waals surface area contributed by atoms with Crippen molar-refractivity contribution in [2.45, 2.75) is 0 Å². The molecule has 0 unspecified atom stereocenters. The Balaban J connectivity index is 1.91. The summed E-state index contributed by atoms with van der Waals surface area (Å²) in [6, 6.07) is 16.3. The number of hydrogen-bond donors (Lipinski definition) is 3. The molecule has 0 saturated carbocycles. The minimum absolute atomic E-state index is 0.0771. The first-order valence-electron chi connectivity index (χ1n) is 7.90. The standard InChI is InChI=1S/C20H14ClFN2O3/c21-13-7-10-17(24-19(25)12-5-8-14(22)9-6-12)18(11-13)23-16-4-2-1-3-15(16)20(26)27/h1-11,23H,(H,24,25)(H,26,27). The van der Waals surface area contributed by atoms with Crippen LogP contribution in [0.4, 0.5) is 21.5 Å². The van der Waals surface area contributed by atoms with Gasteiger partial charge in [-0.25, -0.2) is 9.18 Å². The third-order valence-corrected chi connectivity index (χ3v) is 4.00. The minimum atomic E-state index is -1.09. The highest BCUT2D eigenvalue weighted by atomic mass is 35.5. The third-order valence-electron chi connectivity index (χ3n) is 3.76. The Morgan fingerprint density at radius 2 is 1.59 bits per heavy atom. The van der Waals surface area contributed by atoms with Gasteiger partial charge in [0.05, 0.1) is 22.6 Å². The van der Waals surface area contributed by atoms with Gasteiger partial charge in [-0.1, -0.05) is 23.7 Å². The molecule has 0 aromatic heterocycles. The molecule has 1 amide bonds. The van der Waals surface area contributed by atoms with Crippen LogP contribution < -0.4 is 10.6 Å². The van der Waals surface area contributed by atoms with Gasteiger partial charge in [-0.2, -0.15) is 0 Å². The van der Waals surface area contributed by atoms with Crippen LogP contribution in [0.15, 0.2) is 66.7 Å². The zero-order valence-corrected chi connectivity index (χ0v) is 14.6. The van der Waals surface area contributed by atoms with Gasteiger partial charge in [0.1, 0.15) is 5.82 Å². The van der Waals surface area contributed by atoms with E-state index in [1.165, 1.54) is 30.3 Å². The number of carboxylic acid groups (broad SMARTS) is 1. The van der Waals surface area contributed by atoms with Crippen LogP contribution in [-0.2, 0) is 0 Å². The van der Waals surface area contributed by atoms with E-state index in [2.05, 4.69) is 10.6 Å². The lowest BCUT2D eigenvalue weighted by Crippen LogP contribution is -2.13. The summed E-state index contributed by atoms with van der Waals surface area (Å²) < 4.78 is 13.0. The molecule has 0 saturated heterocycles. The molecular formula is C20H14ClFN2O3. The smallest absolute Gasteiger partial charge is 0.337 e. The fourth-order valence-electron chi connectivity index (χ4n) is 2.45. The fourth-order valence-corrected chi connectivity index (χ4v) is 2.62. The lowest BCUT2D eigenvalue weighted by Gasteiger charge is -2.15. The lowest BCUT2D eigenvalue weighted by atomic mass is 10.1. The van der Waals surface area contributed by atoms with Crippen LogP contribution in [-0.4, -0.2) is 17.0 Å². The van der Waals surface area contributed by atoms with E-state index in [1.54, 1.807) is 36.4 Å². The van der Waals surface area contributed by atoms with Gasteiger partial charge in [-0.3, -0.25) is 4.79 Å². The van der Waals surface area contributed by atoms with Crippen molar-refractivity contribution in [3.8, 4) is 0 Å². The SMILES string of the molecule is O=C(Nc1ccc(Cl)cc1Nc1ccccc1C(=O)O)c1ccc(F)cc1. The summed E-state index contributed by atoms with van der Waals surface area (Å²) in [5, 5.41) is 15.4. The summed E-state index contributed by atoms with van der Waals surface area (Å²) >= 11 is 6.05. The van der Waals surface area contributed by atoms with Crippen LogP contribution >= 0.6 is 11.6 Å². The van der Waals surface area contributed by atoms with Crippen LogP contribution in [0.25, 0.3) is 0 Å². The maximum Gasteiger partial charge on any atom is 0.337 e. The van der Waals surface area contributed by atoms with E-state index >= 15 is 0 Å². The summed E-state index contributed by atoms with van der Waals surface area (Å²) in [6.45, 7) is 0. The van der Waals surface area contributed by atoms with E-state index in [0.717, 1.165) is 0 Å². The molecule has 136 valence electrons. The molecule has 0 radical (unpaired) electrons. The van der Waals surface area contributed by atoms with Crippen molar-refractivity contribution in [2.75, 3.05) is 10.6 Å². The van der Waals surface area contributed by atoms with Gasteiger partial charge >= 0.3 is 5.97 Å². The van der Waals surface area contributed by atoms with Crippen LogP contribution in [0.5, 0.6) is 0 Å². The lowest BCUT2D eigenvalue weighted by molar-refractivity contribution is 0.0697. The van der Waals surface area contributed by atoms with Gasteiger partial charge in [-0.15, -0.1) is 0 Å². The highest BCUT2D eigenvalue weighted by Crippen LogP contribution is 2.30. The molecule has 0 aliphatic rings. The molecule has 0 aliphatic carbocycles. The number of carbonyl (C=O) groups excluding carboxylic acids is 1. The van der Waals surface area contributed by atoms with Gasteiger partial charge in [-0.05, 0) is 54.6 Å². The molecule has 0 atom stereocenters. The molecule has 27 heavy (non-hydrogen) atoms. The molecule has 3 N–H and O–H groups in total. The second-order valence-corrected chi connectivity index (χ2v) is 6.06. The average Bonchev–Trinajstić information content (AvgIpc) is 2.64. The first-order chi connectivity index (χ1) is 12.9. The molecule has 5 nitrogen and oxygen atoms in total. The number of amides is 1. The molecule has 0 spiro atoms. The number of carbonyl (C=O) groups is 2. The predicted octanol–water partition coefficient (Wildman–Crippen LogP) is 5.17. The van der Waals surface area contributed by atoms with Gasteiger partial charge < -0.3 is 15.7 Å². The van der Waals surface area contributed by atoms with Crippen molar-refractivity contribution in [1.82, 2.24) is 0 Å². The maximum atomic E-state index is 13.0. The van der Waals surface area contributed by atoms with E-state index in [9.17, 15) is 19.1 Å². The number of benzene rings is 3. The zero-order valence-electron chi connectivity index (χ0n) is 13.9. The topological polar surface area (TPSA) is 78.4 Å². The Morgan fingerprint density at radius 1 is 0.889 bits per heavy atom. The molecular weight excluding hydrogens is 371 g/mol. The Morgan fingerprint density at radius 3 is 2.30 bits per heavy atom. The molecule has 0 fully saturated rings. The van der Waals surface area contributed by atoms with Gasteiger partial charge in [0.15, 0.2) is 0 Å². The quantitative estimate of drug-likeness (QED) is 0.566. The van der Waals surface area contributed by atoms with E-state index < -0.39 is 17.7 Å². The summed E-state index contributed by atoms with van der Waals surface area (Å²) in [5.74, 6) is -1.96. The van der Waals surface area contributed by atoms with E-state index in [-0.39, 0.29) is 11.1 Å². The third kappa shape index (κ3) is 4.43. The van der Waals surface area contributed by atoms with Crippen LogP contribution in [0.2, 0.25) is 5.02 Å². The largest absolute Gasteiger partial charge is 0.478 e. The molecule has 3 aromatic carbocycles. The normalized spacial score (nSPS) is 10.3. The second-order valence-electron chi connectivity index (χ2n) is 5.63. The number of carboxylic acids is 1. The number of aromatic carboxylic acids is 1. The monoisotopic (exact) mass is 384 g/mol.